The number of benzene rings is 2. The van der Waals surface area contributed by atoms with Crippen molar-refractivity contribution in [2.24, 2.45) is 0 Å². The lowest BCUT2D eigenvalue weighted by molar-refractivity contribution is 0.196. The van der Waals surface area contributed by atoms with Crippen LogP contribution in [0.5, 0.6) is 5.75 Å². The van der Waals surface area contributed by atoms with Gasteiger partial charge in [0.1, 0.15) is 11.6 Å². The molecule has 0 fully saturated rings. The van der Waals surface area contributed by atoms with Crippen molar-refractivity contribution in [3.05, 3.63) is 53.3 Å². The molecule has 2 aromatic rings. The molecule has 0 aliphatic rings. The van der Waals surface area contributed by atoms with Gasteiger partial charge in [-0.25, -0.2) is 4.39 Å². The second kappa shape index (κ2) is 6.29. The maximum Gasteiger partial charge on any atom is 0.126 e. The Labute approximate surface area is 122 Å². The van der Waals surface area contributed by atoms with Gasteiger partial charge in [0.05, 0.1) is 13.2 Å². The zero-order valence-corrected chi connectivity index (χ0v) is 12.5. The Hall–Kier alpha value is -1.52. The summed E-state index contributed by atoms with van der Waals surface area (Å²) in [5.74, 6) is 0.500. The minimum atomic E-state index is -0.703. The van der Waals surface area contributed by atoms with E-state index in [9.17, 15) is 9.50 Å². The van der Waals surface area contributed by atoms with Crippen LogP contribution in [0.15, 0.2) is 46.2 Å². The molecule has 0 aromatic heterocycles. The van der Waals surface area contributed by atoms with Gasteiger partial charge in [0.2, 0.25) is 0 Å². The Morgan fingerprint density at radius 1 is 1.20 bits per heavy atom. The van der Waals surface area contributed by atoms with Gasteiger partial charge in [-0.15, -0.1) is 0 Å². The second-order valence-electron chi connectivity index (χ2n) is 4.59. The van der Waals surface area contributed by atoms with E-state index in [0.717, 1.165) is 15.5 Å². The smallest absolute Gasteiger partial charge is 0.126 e. The first-order valence-electron chi connectivity index (χ1n) is 6.31. The van der Waals surface area contributed by atoms with Crippen LogP contribution in [0.2, 0.25) is 0 Å². The number of halogens is 1. The standard InChI is InChI=1S/C16H17FO2S/c1-10-8-16(14(11(2)18)9-15(10)17)20-13-6-4-12(19-3)5-7-13/h4-9,11,18H,1-3H3/t11-/m0/s1. The summed E-state index contributed by atoms with van der Waals surface area (Å²) in [7, 11) is 1.62. The first kappa shape index (κ1) is 14.9. The number of hydrogen-bond acceptors (Lipinski definition) is 3. The fraction of sp³-hybridized carbons (Fsp3) is 0.250. The summed E-state index contributed by atoms with van der Waals surface area (Å²) >= 11 is 1.50. The first-order chi connectivity index (χ1) is 9.51. The van der Waals surface area contributed by atoms with E-state index in [0.29, 0.717) is 11.1 Å². The van der Waals surface area contributed by atoms with Crippen molar-refractivity contribution in [2.75, 3.05) is 7.11 Å². The van der Waals surface area contributed by atoms with Crippen molar-refractivity contribution >= 4 is 11.8 Å². The van der Waals surface area contributed by atoms with Crippen LogP contribution in [-0.4, -0.2) is 12.2 Å². The van der Waals surface area contributed by atoms with Gasteiger partial charge in [-0.2, -0.15) is 0 Å². The highest BCUT2D eigenvalue weighted by Gasteiger charge is 2.13. The maximum absolute atomic E-state index is 13.6. The first-order valence-corrected chi connectivity index (χ1v) is 7.13. The third-order valence-electron chi connectivity index (χ3n) is 3.03. The summed E-state index contributed by atoms with van der Waals surface area (Å²) in [6, 6.07) is 10.8. The lowest BCUT2D eigenvalue weighted by Crippen LogP contribution is -1.97. The van der Waals surface area contributed by atoms with Crippen molar-refractivity contribution < 1.29 is 14.2 Å². The molecule has 0 heterocycles. The molecule has 2 aromatic carbocycles. The van der Waals surface area contributed by atoms with Crippen LogP contribution in [0.3, 0.4) is 0 Å². The van der Waals surface area contributed by atoms with Crippen LogP contribution in [0.1, 0.15) is 24.2 Å². The van der Waals surface area contributed by atoms with E-state index in [1.807, 2.05) is 24.3 Å². The zero-order valence-electron chi connectivity index (χ0n) is 11.7. The van der Waals surface area contributed by atoms with Crippen LogP contribution in [0.25, 0.3) is 0 Å². The number of hydrogen-bond donors (Lipinski definition) is 1. The molecule has 0 aliphatic carbocycles. The number of aliphatic hydroxyl groups is 1. The fourth-order valence-corrected chi connectivity index (χ4v) is 2.97. The predicted molar refractivity (Wildman–Crippen MR) is 78.9 cm³/mol. The van der Waals surface area contributed by atoms with E-state index < -0.39 is 6.10 Å². The number of methoxy groups -OCH3 is 1. The molecule has 20 heavy (non-hydrogen) atoms. The van der Waals surface area contributed by atoms with Gasteiger partial charge in [0.25, 0.3) is 0 Å². The monoisotopic (exact) mass is 292 g/mol. The average Bonchev–Trinajstić information content (AvgIpc) is 2.43. The Bertz CT molecular complexity index is 594. The summed E-state index contributed by atoms with van der Waals surface area (Å²) in [5.41, 5.74) is 1.18. The van der Waals surface area contributed by atoms with Gasteiger partial charge in [-0.1, -0.05) is 11.8 Å². The molecule has 0 saturated heterocycles. The zero-order chi connectivity index (χ0) is 14.7. The van der Waals surface area contributed by atoms with Crippen molar-refractivity contribution in [1.82, 2.24) is 0 Å². The molecule has 2 rings (SSSR count). The van der Waals surface area contributed by atoms with E-state index >= 15 is 0 Å². The lowest BCUT2D eigenvalue weighted by atomic mass is 10.1. The van der Waals surface area contributed by atoms with Crippen LogP contribution in [-0.2, 0) is 0 Å². The van der Waals surface area contributed by atoms with E-state index in [4.69, 9.17) is 4.74 Å². The number of aliphatic hydroxyl groups excluding tert-OH is 1. The highest BCUT2D eigenvalue weighted by molar-refractivity contribution is 7.99. The fourth-order valence-electron chi connectivity index (χ4n) is 1.86. The minimum Gasteiger partial charge on any atom is -0.497 e. The molecule has 0 amide bonds. The molecule has 106 valence electrons. The molecular weight excluding hydrogens is 275 g/mol. The summed E-state index contributed by atoms with van der Waals surface area (Å²) in [5, 5.41) is 9.78. The van der Waals surface area contributed by atoms with Crippen LogP contribution in [0.4, 0.5) is 4.39 Å². The summed E-state index contributed by atoms with van der Waals surface area (Å²) in [6.45, 7) is 3.36. The van der Waals surface area contributed by atoms with Gasteiger partial charge in [-0.3, -0.25) is 0 Å². The molecule has 1 atom stereocenters. The van der Waals surface area contributed by atoms with Crippen molar-refractivity contribution in [3.63, 3.8) is 0 Å². The molecule has 0 bridgehead atoms. The van der Waals surface area contributed by atoms with Gasteiger partial charge >= 0.3 is 0 Å². The van der Waals surface area contributed by atoms with Crippen molar-refractivity contribution in [3.8, 4) is 5.75 Å². The normalized spacial score (nSPS) is 12.2. The van der Waals surface area contributed by atoms with E-state index in [-0.39, 0.29) is 5.82 Å². The molecular formula is C16H17FO2S. The highest BCUT2D eigenvalue weighted by atomic mass is 32.2. The van der Waals surface area contributed by atoms with Crippen LogP contribution >= 0.6 is 11.8 Å². The third kappa shape index (κ3) is 3.32. The molecule has 4 heteroatoms. The lowest BCUT2D eigenvalue weighted by Gasteiger charge is -2.13. The second-order valence-corrected chi connectivity index (χ2v) is 5.71. The molecule has 0 unspecified atom stereocenters. The highest BCUT2D eigenvalue weighted by Crippen LogP contribution is 2.35. The Balaban J connectivity index is 2.33. The Morgan fingerprint density at radius 2 is 1.85 bits per heavy atom. The van der Waals surface area contributed by atoms with E-state index in [1.54, 1.807) is 27.0 Å². The third-order valence-corrected chi connectivity index (χ3v) is 4.11. The molecule has 0 aliphatic heterocycles. The maximum atomic E-state index is 13.6. The van der Waals surface area contributed by atoms with Gasteiger partial charge in [0, 0.05) is 9.79 Å². The predicted octanol–water partition coefficient (Wildman–Crippen LogP) is 4.35. The van der Waals surface area contributed by atoms with Crippen LogP contribution < -0.4 is 4.74 Å². The molecule has 2 nitrogen and oxygen atoms in total. The summed E-state index contributed by atoms with van der Waals surface area (Å²) in [6.07, 6.45) is -0.703. The SMILES string of the molecule is COc1ccc(Sc2cc(C)c(F)cc2[C@H](C)O)cc1. The van der Waals surface area contributed by atoms with Crippen molar-refractivity contribution in [1.29, 1.82) is 0 Å². The van der Waals surface area contributed by atoms with Crippen molar-refractivity contribution in [2.45, 2.75) is 29.7 Å². The van der Waals surface area contributed by atoms with Gasteiger partial charge in [-0.05, 0) is 61.4 Å². The Kier molecular flexibility index (Phi) is 4.68. The van der Waals surface area contributed by atoms with Gasteiger partial charge < -0.3 is 9.84 Å². The van der Waals surface area contributed by atoms with E-state index in [1.165, 1.54) is 17.8 Å². The number of ether oxygens (including phenoxy) is 1. The largest absolute Gasteiger partial charge is 0.497 e. The average molecular weight is 292 g/mol. The number of rotatable bonds is 4. The molecule has 1 N–H and O–H groups in total. The Morgan fingerprint density at radius 3 is 2.40 bits per heavy atom. The molecule has 0 spiro atoms. The quantitative estimate of drug-likeness (QED) is 0.908. The molecule has 0 saturated carbocycles. The molecule has 0 radical (unpaired) electrons. The number of aryl methyl sites for hydroxylation is 1. The summed E-state index contributed by atoms with van der Waals surface area (Å²) < 4.78 is 18.7. The minimum absolute atomic E-state index is 0.292. The van der Waals surface area contributed by atoms with Crippen LogP contribution in [0, 0.1) is 12.7 Å². The summed E-state index contributed by atoms with van der Waals surface area (Å²) in [4.78, 5) is 1.88. The topological polar surface area (TPSA) is 29.5 Å². The van der Waals surface area contributed by atoms with E-state index in [2.05, 4.69) is 0 Å². The van der Waals surface area contributed by atoms with Gasteiger partial charge in [0.15, 0.2) is 0 Å².